The number of amides is 1. The van der Waals surface area contributed by atoms with Crippen molar-refractivity contribution in [2.24, 2.45) is 4.99 Å². The van der Waals surface area contributed by atoms with Crippen molar-refractivity contribution in [1.29, 1.82) is 0 Å². The number of guanidine groups is 1. The summed E-state index contributed by atoms with van der Waals surface area (Å²) in [5.41, 5.74) is 1.14. The second-order valence-corrected chi connectivity index (χ2v) is 7.77. The summed E-state index contributed by atoms with van der Waals surface area (Å²) in [6.07, 6.45) is 6.49. The van der Waals surface area contributed by atoms with Gasteiger partial charge in [-0.25, -0.2) is 0 Å². The van der Waals surface area contributed by atoms with Crippen LogP contribution in [0.1, 0.15) is 38.5 Å². The Balaban J connectivity index is 1.41. The minimum Gasteiger partial charge on any atom is -0.495 e. The second-order valence-electron chi connectivity index (χ2n) is 7.77. The second kappa shape index (κ2) is 10.9. The van der Waals surface area contributed by atoms with Crippen molar-refractivity contribution in [2.75, 3.05) is 51.8 Å². The molecule has 0 spiro atoms. The van der Waals surface area contributed by atoms with Gasteiger partial charge in [-0.15, -0.1) is 0 Å². The van der Waals surface area contributed by atoms with E-state index in [4.69, 9.17) is 4.74 Å². The maximum absolute atomic E-state index is 12.2. The van der Waals surface area contributed by atoms with Crippen LogP contribution in [0.25, 0.3) is 0 Å². The predicted octanol–water partition coefficient (Wildman–Crippen LogP) is 2.23. The van der Waals surface area contributed by atoms with Crippen LogP contribution in [0.4, 0.5) is 5.69 Å². The average molecular weight is 402 g/mol. The molecular formula is C22H35N5O2. The van der Waals surface area contributed by atoms with Crippen LogP contribution >= 0.6 is 0 Å². The van der Waals surface area contributed by atoms with Gasteiger partial charge in [-0.3, -0.25) is 9.79 Å². The lowest BCUT2D eigenvalue weighted by Gasteiger charge is -2.38. The summed E-state index contributed by atoms with van der Waals surface area (Å²) in [5.74, 6) is 1.92. The number of piperazine rings is 1. The van der Waals surface area contributed by atoms with Crippen molar-refractivity contribution >= 4 is 17.6 Å². The van der Waals surface area contributed by atoms with Gasteiger partial charge in [-0.05, 0) is 25.0 Å². The Labute approximate surface area is 174 Å². The summed E-state index contributed by atoms with van der Waals surface area (Å²) >= 11 is 0. The molecular weight excluding hydrogens is 366 g/mol. The van der Waals surface area contributed by atoms with E-state index in [2.05, 4.69) is 31.5 Å². The highest BCUT2D eigenvalue weighted by molar-refractivity contribution is 5.81. The summed E-state index contributed by atoms with van der Waals surface area (Å²) in [5, 5.41) is 6.53. The van der Waals surface area contributed by atoms with Gasteiger partial charge in [0.05, 0.1) is 12.8 Å². The van der Waals surface area contributed by atoms with Crippen molar-refractivity contribution in [3.63, 3.8) is 0 Å². The Morgan fingerprint density at radius 1 is 1.14 bits per heavy atom. The third kappa shape index (κ3) is 6.02. The fraction of sp³-hybridized carbons (Fsp3) is 0.636. The molecule has 1 aromatic rings. The zero-order valence-corrected chi connectivity index (χ0v) is 17.8. The number of hydrogen-bond donors (Lipinski definition) is 2. The van der Waals surface area contributed by atoms with Gasteiger partial charge >= 0.3 is 0 Å². The lowest BCUT2D eigenvalue weighted by Crippen LogP contribution is -2.53. The Bertz CT molecular complexity index is 680. The number of benzene rings is 1. The number of carbonyl (C=O) groups excluding carboxylic acids is 1. The van der Waals surface area contributed by atoms with Crippen LogP contribution in [-0.2, 0) is 4.79 Å². The molecule has 2 aliphatic rings. The highest BCUT2D eigenvalue weighted by atomic mass is 16.5. The van der Waals surface area contributed by atoms with E-state index in [1.165, 1.54) is 19.3 Å². The number of ether oxygens (including phenoxy) is 1. The molecule has 160 valence electrons. The number of nitrogens with zero attached hydrogens (tertiary/aromatic N) is 3. The number of carbonyl (C=O) groups is 1. The van der Waals surface area contributed by atoms with Gasteiger partial charge in [0, 0.05) is 52.2 Å². The average Bonchev–Trinajstić information content (AvgIpc) is 2.77. The van der Waals surface area contributed by atoms with Crippen LogP contribution < -0.4 is 20.3 Å². The first kappa shape index (κ1) is 21.3. The minimum absolute atomic E-state index is 0.140. The first-order chi connectivity index (χ1) is 14.2. The summed E-state index contributed by atoms with van der Waals surface area (Å²) in [6, 6.07) is 8.52. The van der Waals surface area contributed by atoms with Gasteiger partial charge < -0.3 is 25.2 Å². The smallest absolute Gasteiger partial charge is 0.221 e. The number of nitrogens with one attached hydrogen (secondary N) is 2. The van der Waals surface area contributed by atoms with Crippen LogP contribution in [0.5, 0.6) is 5.75 Å². The molecule has 3 rings (SSSR count). The molecule has 2 fully saturated rings. The Morgan fingerprint density at radius 2 is 1.86 bits per heavy atom. The van der Waals surface area contributed by atoms with Crippen LogP contribution in [0.3, 0.4) is 0 Å². The molecule has 2 N–H and O–H groups in total. The number of anilines is 1. The van der Waals surface area contributed by atoms with Crippen molar-refractivity contribution in [1.82, 2.24) is 15.5 Å². The van der Waals surface area contributed by atoms with E-state index in [1.54, 1.807) is 14.2 Å². The quantitative estimate of drug-likeness (QED) is 0.565. The molecule has 0 atom stereocenters. The predicted molar refractivity (Wildman–Crippen MR) is 118 cm³/mol. The van der Waals surface area contributed by atoms with E-state index >= 15 is 0 Å². The number of aliphatic imine (C=N–C) groups is 1. The van der Waals surface area contributed by atoms with Crippen LogP contribution in [-0.4, -0.2) is 69.7 Å². The van der Waals surface area contributed by atoms with Crippen molar-refractivity contribution in [2.45, 2.75) is 44.6 Å². The lowest BCUT2D eigenvalue weighted by atomic mass is 9.95. The van der Waals surface area contributed by atoms with Crippen molar-refractivity contribution in [3.8, 4) is 5.75 Å². The number of hydrogen-bond acceptors (Lipinski definition) is 4. The fourth-order valence-corrected chi connectivity index (χ4v) is 4.22. The normalized spacial score (nSPS) is 18.5. The van der Waals surface area contributed by atoms with Gasteiger partial charge in [0.25, 0.3) is 0 Å². The Hall–Kier alpha value is -2.44. The maximum Gasteiger partial charge on any atom is 0.221 e. The Morgan fingerprint density at radius 3 is 2.55 bits per heavy atom. The van der Waals surface area contributed by atoms with Crippen molar-refractivity contribution < 1.29 is 9.53 Å². The molecule has 1 saturated heterocycles. The first-order valence-corrected chi connectivity index (χ1v) is 10.8. The standard InChI is InChI=1S/C22H35N5O2/c1-23-22(24-13-12-21(28)25-18-8-4-3-5-9-18)27-16-14-26(15-17-27)19-10-6-7-11-20(19)29-2/h6-7,10-11,18H,3-5,8-9,12-17H2,1-2H3,(H,23,24)(H,25,28). The summed E-state index contributed by atoms with van der Waals surface area (Å²) in [7, 11) is 3.52. The van der Waals surface area contributed by atoms with Crippen LogP contribution in [0, 0.1) is 0 Å². The molecule has 1 saturated carbocycles. The van der Waals surface area contributed by atoms with Crippen LogP contribution in [0.15, 0.2) is 29.3 Å². The molecule has 1 aromatic carbocycles. The zero-order valence-electron chi connectivity index (χ0n) is 17.8. The lowest BCUT2D eigenvalue weighted by molar-refractivity contribution is -0.121. The fourth-order valence-electron chi connectivity index (χ4n) is 4.22. The molecule has 1 amide bonds. The third-order valence-corrected chi connectivity index (χ3v) is 5.82. The molecule has 0 radical (unpaired) electrons. The summed E-state index contributed by atoms with van der Waals surface area (Å²) in [4.78, 5) is 21.2. The first-order valence-electron chi connectivity index (χ1n) is 10.8. The van der Waals surface area contributed by atoms with Crippen LogP contribution in [0.2, 0.25) is 0 Å². The topological polar surface area (TPSA) is 69.2 Å². The SMILES string of the molecule is CN=C(NCCC(=O)NC1CCCCC1)N1CCN(c2ccccc2OC)CC1. The van der Waals surface area contributed by atoms with E-state index in [1.807, 2.05) is 18.2 Å². The van der Waals surface area contributed by atoms with E-state index in [-0.39, 0.29) is 5.91 Å². The van der Waals surface area contributed by atoms with E-state index in [9.17, 15) is 4.79 Å². The molecule has 1 aliphatic heterocycles. The highest BCUT2D eigenvalue weighted by Gasteiger charge is 2.22. The number of rotatable bonds is 6. The highest BCUT2D eigenvalue weighted by Crippen LogP contribution is 2.28. The molecule has 7 nitrogen and oxygen atoms in total. The molecule has 1 heterocycles. The van der Waals surface area contributed by atoms with E-state index in [0.29, 0.717) is 19.0 Å². The Kier molecular flexibility index (Phi) is 8.02. The maximum atomic E-state index is 12.2. The third-order valence-electron chi connectivity index (χ3n) is 5.82. The van der Waals surface area contributed by atoms with Crippen molar-refractivity contribution in [3.05, 3.63) is 24.3 Å². The summed E-state index contributed by atoms with van der Waals surface area (Å²) in [6.45, 7) is 4.18. The van der Waals surface area contributed by atoms with E-state index < -0.39 is 0 Å². The zero-order chi connectivity index (χ0) is 20.5. The van der Waals surface area contributed by atoms with Gasteiger partial charge in [0.1, 0.15) is 5.75 Å². The number of para-hydroxylation sites is 2. The largest absolute Gasteiger partial charge is 0.495 e. The van der Waals surface area contributed by atoms with Gasteiger partial charge in [-0.1, -0.05) is 31.4 Å². The summed E-state index contributed by atoms with van der Waals surface area (Å²) < 4.78 is 5.49. The molecule has 29 heavy (non-hydrogen) atoms. The van der Waals surface area contributed by atoms with E-state index in [0.717, 1.165) is 56.4 Å². The molecule has 0 aromatic heterocycles. The molecule has 0 unspecified atom stereocenters. The van der Waals surface area contributed by atoms with Gasteiger partial charge in [-0.2, -0.15) is 0 Å². The minimum atomic E-state index is 0.140. The van der Waals surface area contributed by atoms with Gasteiger partial charge in [0.2, 0.25) is 5.91 Å². The number of methoxy groups -OCH3 is 1. The van der Waals surface area contributed by atoms with Gasteiger partial charge in [0.15, 0.2) is 5.96 Å². The molecule has 1 aliphatic carbocycles. The monoisotopic (exact) mass is 401 g/mol. The molecule has 7 heteroatoms. The molecule has 0 bridgehead atoms.